The number of benzene rings is 1. The molecule has 4 aliphatic heterocycles. The molecule has 4 fully saturated rings. The normalized spacial score (nSPS) is 29.7. The molecule has 5 heteroatoms. The predicted octanol–water partition coefficient (Wildman–Crippen LogP) is 2.55. The standard InChI is InChI=1S/C22H32N2O3/c1-2-4-21(27-19-7-11-25-12-8-19)20(3-1)17-5-9-24(10-6-17)18-13-22(26-14-18)15-23-16-22/h1-4,17-19,23H,5-16H2. The SMILES string of the molecule is c1ccc(C2CCN(C3COC4(CNC4)C3)CC2)c(OC2CCOCC2)c1. The fraction of sp³-hybridized carbons (Fsp3) is 0.727. The van der Waals surface area contributed by atoms with Crippen LogP contribution in [-0.4, -0.2) is 68.6 Å². The summed E-state index contributed by atoms with van der Waals surface area (Å²) in [6, 6.07) is 9.33. The number of nitrogens with zero attached hydrogens (tertiary/aromatic N) is 1. The average molecular weight is 373 g/mol. The van der Waals surface area contributed by atoms with Crippen LogP contribution in [0.5, 0.6) is 5.75 Å². The molecule has 1 atom stereocenters. The lowest BCUT2D eigenvalue weighted by atomic mass is 9.86. The van der Waals surface area contributed by atoms with Crippen LogP contribution in [0.25, 0.3) is 0 Å². The van der Waals surface area contributed by atoms with Gasteiger partial charge in [-0.05, 0) is 49.9 Å². The molecule has 0 bridgehead atoms. The Kier molecular flexibility index (Phi) is 5.11. The molecule has 148 valence electrons. The van der Waals surface area contributed by atoms with Crippen molar-refractivity contribution in [2.45, 2.75) is 55.8 Å². The molecule has 4 aliphatic rings. The Balaban J connectivity index is 1.19. The molecule has 1 aromatic rings. The summed E-state index contributed by atoms with van der Waals surface area (Å²) in [6.45, 7) is 6.99. The zero-order valence-corrected chi connectivity index (χ0v) is 16.2. The molecule has 1 unspecified atom stereocenters. The first-order valence-corrected chi connectivity index (χ1v) is 10.7. The molecule has 5 rings (SSSR count). The second-order valence-electron chi connectivity index (χ2n) is 8.73. The number of para-hydroxylation sites is 1. The second-order valence-corrected chi connectivity index (χ2v) is 8.73. The van der Waals surface area contributed by atoms with Crippen molar-refractivity contribution in [3.63, 3.8) is 0 Å². The van der Waals surface area contributed by atoms with Gasteiger partial charge in [0.1, 0.15) is 11.9 Å². The molecule has 5 nitrogen and oxygen atoms in total. The van der Waals surface area contributed by atoms with E-state index in [9.17, 15) is 0 Å². The average Bonchev–Trinajstić information content (AvgIpc) is 3.16. The Bertz CT molecular complexity index is 634. The molecule has 0 saturated carbocycles. The summed E-state index contributed by atoms with van der Waals surface area (Å²) in [5.74, 6) is 1.71. The molecular weight excluding hydrogens is 340 g/mol. The second kappa shape index (κ2) is 7.70. The summed E-state index contributed by atoms with van der Waals surface area (Å²) in [5.41, 5.74) is 1.57. The van der Waals surface area contributed by atoms with Crippen LogP contribution >= 0.6 is 0 Å². The minimum absolute atomic E-state index is 0.158. The van der Waals surface area contributed by atoms with Crippen LogP contribution < -0.4 is 10.1 Å². The van der Waals surface area contributed by atoms with E-state index < -0.39 is 0 Å². The highest BCUT2D eigenvalue weighted by Gasteiger charge is 2.47. The van der Waals surface area contributed by atoms with E-state index >= 15 is 0 Å². The maximum absolute atomic E-state index is 6.40. The number of hydrogen-bond acceptors (Lipinski definition) is 5. The minimum Gasteiger partial charge on any atom is -0.490 e. The van der Waals surface area contributed by atoms with E-state index in [1.807, 2.05) is 0 Å². The number of ether oxygens (including phenoxy) is 3. The summed E-state index contributed by atoms with van der Waals surface area (Å²) < 4.78 is 18.0. The fourth-order valence-corrected chi connectivity index (χ4v) is 5.18. The number of piperidine rings is 1. The van der Waals surface area contributed by atoms with E-state index in [0.717, 1.165) is 51.5 Å². The molecule has 0 amide bonds. The summed E-state index contributed by atoms with van der Waals surface area (Å²) in [7, 11) is 0. The third-order valence-corrected chi connectivity index (χ3v) is 6.95. The molecule has 4 heterocycles. The van der Waals surface area contributed by atoms with Crippen LogP contribution in [0.2, 0.25) is 0 Å². The Labute approximate surface area is 162 Å². The van der Waals surface area contributed by atoms with Crippen LogP contribution in [0.15, 0.2) is 24.3 Å². The molecule has 27 heavy (non-hydrogen) atoms. The number of likely N-dealkylation sites (tertiary alicyclic amines) is 1. The Morgan fingerprint density at radius 2 is 1.81 bits per heavy atom. The van der Waals surface area contributed by atoms with Crippen LogP contribution in [0.3, 0.4) is 0 Å². The summed E-state index contributed by atoms with van der Waals surface area (Å²) in [6.07, 6.45) is 5.96. The molecule has 0 aromatic heterocycles. The fourth-order valence-electron chi connectivity index (χ4n) is 5.18. The lowest BCUT2D eigenvalue weighted by Gasteiger charge is -2.40. The van der Waals surface area contributed by atoms with E-state index in [1.165, 1.54) is 37.9 Å². The largest absolute Gasteiger partial charge is 0.490 e. The lowest BCUT2D eigenvalue weighted by molar-refractivity contribution is -0.0367. The van der Waals surface area contributed by atoms with Gasteiger partial charge in [0.05, 0.1) is 25.4 Å². The third kappa shape index (κ3) is 3.75. The van der Waals surface area contributed by atoms with Gasteiger partial charge >= 0.3 is 0 Å². The number of hydrogen-bond donors (Lipinski definition) is 1. The molecule has 1 spiro atoms. The van der Waals surface area contributed by atoms with E-state index in [2.05, 4.69) is 34.5 Å². The van der Waals surface area contributed by atoms with Crippen LogP contribution in [0, 0.1) is 0 Å². The topological polar surface area (TPSA) is 43.0 Å². The highest BCUT2D eigenvalue weighted by molar-refractivity contribution is 5.37. The van der Waals surface area contributed by atoms with Crippen LogP contribution in [0.4, 0.5) is 0 Å². The van der Waals surface area contributed by atoms with Gasteiger partial charge in [-0.15, -0.1) is 0 Å². The number of rotatable bonds is 4. The maximum atomic E-state index is 6.40. The van der Waals surface area contributed by atoms with Gasteiger partial charge in [-0.3, -0.25) is 4.90 Å². The highest BCUT2D eigenvalue weighted by Crippen LogP contribution is 2.38. The first-order chi connectivity index (χ1) is 13.3. The van der Waals surface area contributed by atoms with Crippen LogP contribution in [-0.2, 0) is 9.47 Å². The minimum atomic E-state index is 0.158. The lowest BCUT2D eigenvalue weighted by Crippen LogP contribution is -2.59. The van der Waals surface area contributed by atoms with E-state index in [-0.39, 0.29) is 5.60 Å². The van der Waals surface area contributed by atoms with Crippen molar-refractivity contribution in [1.29, 1.82) is 0 Å². The van der Waals surface area contributed by atoms with Crippen molar-refractivity contribution in [2.75, 3.05) is 46.0 Å². The quantitative estimate of drug-likeness (QED) is 0.880. The van der Waals surface area contributed by atoms with E-state index in [0.29, 0.717) is 18.1 Å². The smallest absolute Gasteiger partial charge is 0.123 e. The van der Waals surface area contributed by atoms with Gasteiger partial charge in [0, 0.05) is 32.0 Å². The molecule has 0 aliphatic carbocycles. The van der Waals surface area contributed by atoms with Gasteiger partial charge in [0.15, 0.2) is 0 Å². The van der Waals surface area contributed by atoms with Crippen molar-refractivity contribution in [2.24, 2.45) is 0 Å². The molecule has 4 saturated heterocycles. The Hall–Kier alpha value is -1.14. The first-order valence-electron chi connectivity index (χ1n) is 10.7. The molecule has 1 N–H and O–H groups in total. The van der Waals surface area contributed by atoms with Crippen molar-refractivity contribution in [3.8, 4) is 5.75 Å². The van der Waals surface area contributed by atoms with Gasteiger partial charge in [-0.2, -0.15) is 0 Å². The molecule has 0 radical (unpaired) electrons. The maximum Gasteiger partial charge on any atom is 0.123 e. The monoisotopic (exact) mass is 372 g/mol. The number of nitrogens with one attached hydrogen (secondary N) is 1. The van der Waals surface area contributed by atoms with Gasteiger partial charge in [0.2, 0.25) is 0 Å². The van der Waals surface area contributed by atoms with Crippen molar-refractivity contribution in [3.05, 3.63) is 29.8 Å². The van der Waals surface area contributed by atoms with Crippen LogP contribution in [0.1, 0.15) is 43.6 Å². The summed E-state index contributed by atoms with van der Waals surface area (Å²) >= 11 is 0. The van der Waals surface area contributed by atoms with Crippen molar-refractivity contribution < 1.29 is 14.2 Å². The van der Waals surface area contributed by atoms with E-state index in [1.54, 1.807) is 0 Å². The molecule has 1 aromatic carbocycles. The van der Waals surface area contributed by atoms with Crippen molar-refractivity contribution >= 4 is 0 Å². The van der Waals surface area contributed by atoms with Gasteiger partial charge in [0.25, 0.3) is 0 Å². The van der Waals surface area contributed by atoms with E-state index in [4.69, 9.17) is 14.2 Å². The predicted molar refractivity (Wildman–Crippen MR) is 104 cm³/mol. The van der Waals surface area contributed by atoms with Crippen molar-refractivity contribution in [1.82, 2.24) is 10.2 Å². The van der Waals surface area contributed by atoms with Gasteiger partial charge in [-0.1, -0.05) is 18.2 Å². The highest BCUT2D eigenvalue weighted by atomic mass is 16.5. The Morgan fingerprint density at radius 1 is 1.04 bits per heavy atom. The first kappa shape index (κ1) is 17.9. The Morgan fingerprint density at radius 3 is 2.52 bits per heavy atom. The summed E-state index contributed by atoms with van der Waals surface area (Å²) in [4.78, 5) is 2.67. The zero-order chi connectivity index (χ0) is 18.1. The van der Waals surface area contributed by atoms with Gasteiger partial charge < -0.3 is 19.5 Å². The zero-order valence-electron chi connectivity index (χ0n) is 16.2. The molecular formula is C22H32N2O3. The van der Waals surface area contributed by atoms with Gasteiger partial charge in [-0.25, -0.2) is 0 Å². The summed E-state index contributed by atoms with van der Waals surface area (Å²) in [5, 5.41) is 3.37. The third-order valence-electron chi connectivity index (χ3n) is 6.95.